The second-order valence-corrected chi connectivity index (χ2v) is 4.21. The lowest BCUT2D eigenvalue weighted by molar-refractivity contribution is 0.796. The van der Waals surface area contributed by atoms with E-state index in [-0.39, 0.29) is 0 Å². The Morgan fingerprint density at radius 2 is 2.00 bits per heavy atom. The summed E-state index contributed by atoms with van der Waals surface area (Å²) in [6, 6.07) is 13.2. The van der Waals surface area contributed by atoms with Gasteiger partial charge < -0.3 is 5.32 Å². The molecule has 0 aliphatic rings. The SMILES string of the molecule is CCCCc1ccc2c(NC)cccc2c1. The number of unbranched alkanes of at least 4 members (excludes halogenated alkanes) is 1. The van der Waals surface area contributed by atoms with Gasteiger partial charge >= 0.3 is 0 Å². The maximum absolute atomic E-state index is 3.23. The third-order valence-corrected chi connectivity index (χ3v) is 3.03. The molecule has 0 heterocycles. The second kappa shape index (κ2) is 5.02. The summed E-state index contributed by atoms with van der Waals surface area (Å²) in [5.41, 5.74) is 2.65. The summed E-state index contributed by atoms with van der Waals surface area (Å²) in [5.74, 6) is 0. The molecule has 0 fully saturated rings. The van der Waals surface area contributed by atoms with Crippen molar-refractivity contribution in [2.45, 2.75) is 26.2 Å². The Hall–Kier alpha value is -1.50. The van der Waals surface area contributed by atoms with E-state index in [0.717, 1.165) is 0 Å². The molecule has 2 rings (SSSR count). The molecule has 0 aliphatic heterocycles. The quantitative estimate of drug-likeness (QED) is 0.801. The first-order valence-corrected chi connectivity index (χ1v) is 6.04. The van der Waals surface area contributed by atoms with E-state index in [9.17, 15) is 0 Å². The van der Waals surface area contributed by atoms with Gasteiger partial charge in [-0.3, -0.25) is 0 Å². The van der Waals surface area contributed by atoms with Crippen molar-refractivity contribution in [2.24, 2.45) is 0 Å². The van der Waals surface area contributed by atoms with E-state index in [1.54, 1.807) is 0 Å². The molecule has 16 heavy (non-hydrogen) atoms. The molecule has 0 atom stereocenters. The number of aryl methyl sites for hydroxylation is 1. The molecule has 0 amide bonds. The standard InChI is InChI=1S/C15H19N/c1-3-4-6-12-9-10-14-13(11-12)7-5-8-15(14)16-2/h5,7-11,16H,3-4,6H2,1-2H3. The van der Waals surface area contributed by atoms with Crippen LogP contribution >= 0.6 is 0 Å². The van der Waals surface area contributed by atoms with Gasteiger partial charge in [0.25, 0.3) is 0 Å². The maximum Gasteiger partial charge on any atom is 0.0417 e. The summed E-state index contributed by atoms with van der Waals surface area (Å²) in [4.78, 5) is 0. The molecule has 0 bridgehead atoms. The average molecular weight is 213 g/mol. The topological polar surface area (TPSA) is 12.0 Å². The van der Waals surface area contributed by atoms with Crippen molar-refractivity contribution in [1.82, 2.24) is 0 Å². The predicted octanol–water partition coefficient (Wildman–Crippen LogP) is 4.22. The van der Waals surface area contributed by atoms with Crippen LogP contribution in [-0.4, -0.2) is 7.05 Å². The van der Waals surface area contributed by atoms with Gasteiger partial charge in [-0.1, -0.05) is 43.7 Å². The molecule has 1 N–H and O–H groups in total. The fraction of sp³-hybridized carbons (Fsp3) is 0.333. The number of hydrogen-bond acceptors (Lipinski definition) is 1. The van der Waals surface area contributed by atoms with Crippen LogP contribution in [0.5, 0.6) is 0 Å². The van der Waals surface area contributed by atoms with Crippen molar-refractivity contribution in [1.29, 1.82) is 0 Å². The first-order chi connectivity index (χ1) is 7.85. The van der Waals surface area contributed by atoms with E-state index in [1.165, 1.54) is 41.3 Å². The number of hydrogen-bond donors (Lipinski definition) is 1. The van der Waals surface area contributed by atoms with Crippen LogP contribution in [0.25, 0.3) is 10.8 Å². The highest BCUT2D eigenvalue weighted by Crippen LogP contribution is 2.24. The zero-order chi connectivity index (χ0) is 11.4. The molecule has 2 aromatic rings. The maximum atomic E-state index is 3.23. The largest absolute Gasteiger partial charge is 0.388 e. The van der Waals surface area contributed by atoms with Gasteiger partial charge in [-0.05, 0) is 29.9 Å². The molecule has 1 nitrogen and oxygen atoms in total. The van der Waals surface area contributed by atoms with Crippen molar-refractivity contribution in [3.63, 3.8) is 0 Å². The zero-order valence-electron chi connectivity index (χ0n) is 10.1. The number of fused-ring (bicyclic) bond motifs is 1. The van der Waals surface area contributed by atoms with Gasteiger partial charge in [0.2, 0.25) is 0 Å². The molecule has 0 aromatic heterocycles. The second-order valence-electron chi connectivity index (χ2n) is 4.21. The van der Waals surface area contributed by atoms with Crippen LogP contribution in [0.15, 0.2) is 36.4 Å². The monoisotopic (exact) mass is 213 g/mol. The fourth-order valence-corrected chi connectivity index (χ4v) is 2.09. The molecule has 0 saturated carbocycles. The first-order valence-electron chi connectivity index (χ1n) is 6.04. The summed E-state index contributed by atoms with van der Waals surface area (Å²) >= 11 is 0. The lowest BCUT2D eigenvalue weighted by Gasteiger charge is -2.07. The third kappa shape index (κ3) is 2.19. The lowest BCUT2D eigenvalue weighted by atomic mass is 10.0. The van der Waals surface area contributed by atoms with Crippen LogP contribution in [0.3, 0.4) is 0 Å². The molecular formula is C15H19N. The van der Waals surface area contributed by atoms with Gasteiger partial charge in [0.15, 0.2) is 0 Å². The molecular weight excluding hydrogens is 194 g/mol. The average Bonchev–Trinajstić information content (AvgIpc) is 2.35. The van der Waals surface area contributed by atoms with Crippen molar-refractivity contribution in [3.05, 3.63) is 42.0 Å². The van der Waals surface area contributed by atoms with Crippen LogP contribution in [0, 0.1) is 0 Å². The van der Waals surface area contributed by atoms with Gasteiger partial charge in [-0.2, -0.15) is 0 Å². The molecule has 0 aliphatic carbocycles. The summed E-state index contributed by atoms with van der Waals surface area (Å²) in [6.07, 6.45) is 3.72. The normalized spacial score (nSPS) is 10.6. The van der Waals surface area contributed by atoms with Crippen LogP contribution in [-0.2, 0) is 6.42 Å². The first kappa shape index (κ1) is 11.0. The van der Waals surface area contributed by atoms with E-state index in [1.807, 2.05) is 7.05 Å². The highest BCUT2D eigenvalue weighted by molar-refractivity contribution is 5.94. The van der Waals surface area contributed by atoms with Gasteiger partial charge in [0.1, 0.15) is 0 Å². The molecule has 0 unspecified atom stereocenters. The Morgan fingerprint density at radius 1 is 1.12 bits per heavy atom. The summed E-state index contributed by atoms with van der Waals surface area (Å²) < 4.78 is 0. The van der Waals surface area contributed by atoms with Crippen molar-refractivity contribution in [3.8, 4) is 0 Å². The van der Waals surface area contributed by atoms with Gasteiger partial charge in [0.05, 0.1) is 0 Å². The Balaban J connectivity index is 2.39. The van der Waals surface area contributed by atoms with E-state index < -0.39 is 0 Å². The van der Waals surface area contributed by atoms with Gasteiger partial charge in [-0.25, -0.2) is 0 Å². The minimum atomic E-state index is 1.19. The Labute approximate surface area is 97.5 Å². The minimum absolute atomic E-state index is 1.19. The van der Waals surface area contributed by atoms with E-state index in [2.05, 4.69) is 48.6 Å². The highest BCUT2D eigenvalue weighted by Gasteiger charge is 2.00. The van der Waals surface area contributed by atoms with Crippen molar-refractivity contribution < 1.29 is 0 Å². The van der Waals surface area contributed by atoms with Crippen LogP contribution in [0.4, 0.5) is 5.69 Å². The Morgan fingerprint density at radius 3 is 2.75 bits per heavy atom. The minimum Gasteiger partial charge on any atom is -0.388 e. The van der Waals surface area contributed by atoms with Crippen LogP contribution in [0.1, 0.15) is 25.3 Å². The Kier molecular flexibility index (Phi) is 3.45. The molecule has 0 saturated heterocycles. The summed E-state index contributed by atoms with van der Waals surface area (Å²) in [6.45, 7) is 2.24. The number of benzene rings is 2. The molecule has 84 valence electrons. The zero-order valence-corrected chi connectivity index (χ0v) is 10.1. The number of anilines is 1. The van der Waals surface area contributed by atoms with Crippen LogP contribution in [0.2, 0.25) is 0 Å². The van der Waals surface area contributed by atoms with Crippen molar-refractivity contribution >= 4 is 16.5 Å². The molecule has 0 spiro atoms. The van der Waals surface area contributed by atoms with Gasteiger partial charge in [0, 0.05) is 18.1 Å². The molecule has 0 radical (unpaired) electrons. The third-order valence-electron chi connectivity index (χ3n) is 3.03. The summed E-state index contributed by atoms with van der Waals surface area (Å²) in [7, 11) is 1.97. The van der Waals surface area contributed by atoms with E-state index >= 15 is 0 Å². The van der Waals surface area contributed by atoms with E-state index in [0.29, 0.717) is 0 Å². The van der Waals surface area contributed by atoms with Crippen LogP contribution < -0.4 is 5.32 Å². The molecule has 1 heteroatoms. The summed E-state index contributed by atoms with van der Waals surface area (Å²) in [5, 5.41) is 5.88. The smallest absolute Gasteiger partial charge is 0.0417 e. The van der Waals surface area contributed by atoms with E-state index in [4.69, 9.17) is 0 Å². The number of nitrogens with one attached hydrogen (secondary N) is 1. The Bertz CT molecular complexity index is 474. The highest BCUT2D eigenvalue weighted by atomic mass is 14.8. The number of rotatable bonds is 4. The van der Waals surface area contributed by atoms with Crippen molar-refractivity contribution in [2.75, 3.05) is 12.4 Å². The van der Waals surface area contributed by atoms with Gasteiger partial charge in [-0.15, -0.1) is 0 Å². The fourth-order valence-electron chi connectivity index (χ4n) is 2.09. The lowest BCUT2D eigenvalue weighted by Crippen LogP contribution is -1.90. The predicted molar refractivity (Wildman–Crippen MR) is 72.1 cm³/mol. The molecule has 2 aromatic carbocycles.